The van der Waals surface area contributed by atoms with Gasteiger partial charge in [0, 0.05) is 7.11 Å². The van der Waals surface area contributed by atoms with Crippen LogP contribution in [0.3, 0.4) is 0 Å². The number of rotatable bonds is 6. The molecule has 2 rings (SSSR count). The quantitative estimate of drug-likeness (QED) is 0.807. The van der Waals surface area contributed by atoms with E-state index in [1.165, 1.54) is 0 Å². The van der Waals surface area contributed by atoms with Gasteiger partial charge in [-0.05, 0) is 44.1 Å². The van der Waals surface area contributed by atoms with Crippen molar-refractivity contribution in [3.8, 4) is 5.75 Å². The number of ether oxygens (including phenoxy) is 2. The monoisotopic (exact) mass is 308 g/mol. The summed E-state index contributed by atoms with van der Waals surface area (Å²) in [4.78, 5) is 3.29. The van der Waals surface area contributed by atoms with Crippen molar-refractivity contribution in [2.75, 3.05) is 13.7 Å². The van der Waals surface area contributed by atoms with Crippen molar-refractivity contribution in [1.82, 2.24) is 9.55 Å². The standard InChI is InChI=1S/C16H24N2O2S/c1-10(2)13(9-19-5)18-12-7-6-8-14(20-11(3)4)15(12)17-16(18)21/h6-8,10-11,13H,9H2,1-5H3,(H,17,21). The molecule has 1 aromatic carbocycles. The Kier molecular flexibility index (Phi) is 5.06. The van der Waals surface area contributed by atoms with Crippen molar-refractivity contribution >= 4 is 23.3 Å². The summed E-state index contributed by atoms with van der Waals surface area (Å²) in [5, 5.41) is 0. The SMILES string of the molecule is COCC(C(C)C)n1c(=S)[nH]c2c(OC(C)C)cccc21. The highest BCUT2D eigenvalue weighted by Gasteiger charge is 2.20. The summed E-state index contributed by atoms with van der Waals surface area (Å²) in [7, 11) is 1.72. The fourth-order valence-corrected chi connectivity index (χ4v) is 2.88. The van der Waals surface area contributed by atoms with Gasteiger partial charge in [0.2, 0.25) is 0 Å². The molecule has 0 bridgehead atoms. The third kappa shape index (κ3) is 3.30. The minimum absolute atomic E-state index is 0.126. The molecular formula is C16H24N2O2S. The van der Waals surface area contributed by atoms with Gasteiger partial charge in [-0.25, -0.2) is 0 Å². The number of benzene rings is 1. The van der Waals surface area contributed by atoms with Crippen molar-refractivity contribution in [3.63, 3.8) is 0 Å². The third-order valence-corrected chi connectivity index (χ3v) is 3.81. The van der Waals surface area contributed by atoms with Crippen LogP contribution in [0.25, 0.3) is 11.0 Å². The second-order valence-corrected chi connectivity index (χ2v) is 6.27. The molecule has 4 nitrogen and oxygen atoms in total. The number of hydrogen-bond donors (Lipinski definition) is 1. The van der Waals surface area contributed by atoms with E-state index in [9.17, 15) is 0 Å². The molecule has 0 radical (unpaired) electrons. The van der Waals surface area contributed by atoms with Gasteiger partial charge in [-0.1, -0.05) is 19.9 Å². The Morgan fingerprint density at radius 3 is 2.52 bits per heavy atom. The minimum Gasteiger partial charge on any atom is -0.489 e. The fraction of sp³-hybridized carbons (Fsp3) is 0.562. The lowest BCUT2D eigenvalue weighted by atomic mass is 10.1. The van der Waals surface area contributed by atoms with Gasteiger partial charge in [-0.15, -0.1) is 0 Å². The molecule has 1 heterocycles. The molecule has 0 aliphatic rings. The van der Waals surface area contributed by atoms with Gasteiger partial charge in [-0.2, -0.15) is 0 Å². The summed E-state index contributed by atoms with van der Waals surface area (Å²) in [6.45, 7) is 9.03. The van der Waals surface area contributed by atoms with Gasteiger partial charge in [0.05, 0.1) is 24.3 Å². The second kappa shape index (κ2) is 6.62. The van der Waals surface area contributed by atoms with Gasteiger partial charge in [0.1, 0.15) is 11.3 Å². The van der Waals surface area contributed by atoms with Crippen molar-refractivity contribution in [2.24, 2.45) is 5.92 Å². The number of imidazole rings is 1. The molecule has 0 amide bonds. The average Bonchev–Trinajstić information content (AvgIpc) is 2.72. The highest BCUT2D eigenvalue weighted by atomic mass is 32.1. The number of aromatic amines is 1. The van der Waals surface area contributed by atoms with Crippen LogP contribution in [-0.4, -0.2) is 29.4 Å². The maximum absolute atomic E-state index is 5.87. The van der Waals surface area contributed by atoms with E-state index in [1.807, 2.05) is 26.0 Å². The lowest BCUT2D eigenvalue weighted by Gasteiger charge is -2.22. The first-order valence-electron chi connectivity index (χ1n) is 7.34. The van der Waals surface area contributed by atoms with Crippen LogP contribution in [-0.2, 0) is 4.74 Å². The first kappa shape index (κ1) is 16.0. The fourth-order valence-electron chi connectivity index (χ4n) is 2.54. The van der Waals surface area contributed by atoms with E-state index in [1.54, 1.807) is 7.11 Å². The largest absolute Gasteiger partial charge is 0.489 e. The van der Waals surface area contributed by atoms with Gasteiger partial charge in [0.15, 0.2) is 4.77 Å². The smallest absolute Gasteiger partial charge is 0.178 e. The lowest BCUT2D eigenvalue weighted by Crippen LogP contribution is -2.20. The average molecular weight is 308 g/mol. The molecule has 0 saturated carbocycles. The molecule has 1 aromatic heterocycles. The van der Waals surface area contributed by atoms with E-state index in [0.717, 1.165) is 16.8 Å². The Hall–Kier alpha value is -1.33. The van der Waals surface area contributed by atoms with Crippen LogP contribution in [0.1, 0.15) is 33.7 Å². The molecule has 116 valence electrons. The molecule has 21 heavy (non-hydrogen) atoms. The Balaban J connectivity index is 2.60. The van der Waals surface area contributed by atoms with Crippen LogP contribution >= 0.6 is 12.2 Å². The van der Waals surface area contributed by atoms with Gasteiger partial charge >= 0.3 is 0 Å². The molecule has 1 atom stereocenters. The van der Waals surface area contributed by atoms with E-state index in [2.05, 4.69) is 29.5 Å². The maximum Gasteiger partial charge on any atom is 0.178 e. The Morgan fingerprint density at radius 2 is 1.95 bits per heavy atom. The highest BCUT2D eigenvalue weighted by Crippen LogP contribution is 2.30. The van der Waals surface area contributed by atoms with Crippen molar-refractivity contribution < 1.29 is 9.47 Å². The number of para-hydroxylation sites is 1. The first-order chi connectivity index (χ1) is 9.95. The highest BCUT2D eigenvalue weighted by molar-refractivity contribution is 7.71. The topological polar surface area (TPSA) is 39.2 Å². The zero-order chi connectivity index (χ0) is 15.6. The Labute approximate surface area is 131 Å². The number of aromatic nitrogens is 2. The summed E-state index contributed by atoms with van der Waals surface area (Å²) in [5.41, 5.74) is 2.02. The van der Waals surface area contributed by atoms with Crippen LogP contribution in [0, 0.1) is 10.7 Å². The number of methoxy groups -OCH3 is 1. The van der Waals surface area contributed by atoms with E-state index < -0.39 is 0 Å². The number of nitrogens with zero attached hydrogens (tertiary/aromatic N) is 1. The molecule has 1 unspecified atom stereocenters. The molecule has 0 spiro atoms. The number of fused-ring (bicyclic) bond motifs is 1. The molecule has 0 aliphatic heterocycles. The van der Waals surface area contributed by atoms with E-state index in [0.29, 0.717) is 17.3 Å². The molecule has 0 saturated heterocycles. The minimum atomic E-state index is 0.126. The predicted molar refractivity (Wildman–Crippen MR) is 88.6 cm³/mol. The third-order valence-electron chi connectivity index (χ3n) is 3.52. The van der Waals surface area contributed by atoms with Crippen LogP contribution < -0.4 is 4.74 Å². The summed E-state index contributed by atoms with van der Waals surface area (Å²) >= 11 is 5.53. The van der Waals surface area contributed by atoms with Crippen LogP contribution in [0.5, 0.6) is 5.75 Å². The zero-order valence-corrected chi connectivity index (χ0v) is 14.2. The Bertz CT molecular complexity index is 658. The summed E-state index contributed by atoms with van der Waals surface area (Å²) in [6.07, 6.45) is 0.126. The molecule has 0 aliphatic carbocycles. The van der Waals surface area contributed by atoms with E-state index in [-0.39, 0.29) is 12.1 Å². The van der Waals surface area contributed by atoms with Crippen molar-refractivity contribution in [1.29, 1.82) is 0 Å². The molecular weight excluding hydrogens is 284 g/mol. The number of H-pyrrole nitrogens is 1. The van der Waals surface area contributed by atoms with E-state index in [4.69, 9.17) is 21.7 Å². The molecule has 2 aromatic rings. The first-order valence-corrected chi connectivity index (χ1v) is 7.75. The normalized spacial score (nSPS) is 13.3. The second-order valence-electron chi connectivity index (χ2n) is 5.88. The van der Waals surface area contributed by atoms with Crippen molar-refractivity contribution in [2.45, 2.75) is 39.8 Å². The molecule has 0 fully saturated rings. The number of hydrogen-bond acceptors (Lipinski definition) is 3. The summed E-state index contributed by atoms with van der Waals surface area (Å²) in [6, 6.07) is 6.24. The molecule has 5 heteroatoms. The van der Waals surface area contributed by atoms with E-state index >= 15 is 0 Å². The predicted octanol–water partition coefficient (Wildman–Crippen LogP) is 4.33. The number of nitrogens with one attached hydrogen (secondary N) is 1. The van der Waals surface area contributed by atoms with Crippen LogP contribution in [0.4, 0.5) is 0 Å². The van der Waals surface area contributed by atoms with Crippen LogP contribution in [0.15, 0.2) is 18.2 Å². The summed E-state index contributed by atoms with van der Waals surface area (Å²) < 4.78 is 14.1. The maximum atomic E-state index is 5.87. The lowest BCUT2D eigenvalue weighted by molar-refractivity contribution is 0.134. The Morgan fingerprint density at radius 1 is 1.24 bits per heavy atom. The van der Waals surface area contributed by atoms with Crippen molar-refractivity contribution in [3.05, 3.63) is 23.0 Å². The van der Waals surface area contributed by atoms with Gasteiger partial charge < -0.3 is 19.0 Å². The van der Waals surface area contributed by atoms with Crippen LogP contribution in [0.2, 0.25) is 0 Å². The van der Waals surface area contributed by atoms with Gasteiger partial charge in [-0.3, -0.25) is 0 Å². The zero-order valence-electron chi connectivity index (χ0n) is 13.3. The molecule has 1 N–H and O–H groups in total. The van der Waals surface area contributed by atoms with Gasteiger partial charge in [0.25, 0.3) is 0 Å². The summed E-state index contributed by atoms with van der Waals surface area (Å²) in [5.74, 6) is 1.26.